The summed E-state index contributed by atoms with van der Waals surface area (Å²) >= 11 is 0. The third-order valence-electron chi connectivity index (χ3n) is 5.64. The quantitative estimate of drug-likeness (QED) is 0.174. The minimum atomic E-state index is -1.75. The maximum absolute atomic E-state index is 8.25. The van der Waals surface area contributed by atoms with Gasteiger partial charge in [0.25, 0.3) is 0 Å². The van der Waals surface area contributed by atoms with Crippen LogP contribution in [0.3, 0.4) is 0 Å². The Hall–Kier alpha value is -5.00. The molecule has 0 spiro atoms. The fourth-order valence-electron chi connectivity index (χ4n) is 3.91. The number of aromatic nitrogens is 6. The van der Waals surface area contributed by atoms with E-state index >= 15 is 0 Å². The summed E-state index contributed by atoms with van der Waals surface area (Å²) in [6, 6.07) is 19.9. The number of fused-ring (bicyclic) bond motifs is 2. The van der Waals surface area contributed by atoms with Crippen LogP contribution in [0.15, 0.2) is 85.5 Å². The summed E-state index contributed by atoms with van der Waals surface area (Å²) in [6.45, 7) is 0. The maximum atomic E-state index is 8.25. The first-order chi connectivity index (χ1) is 18.2. The van der Waals surface area contributed by atoms with Gasteiger partial charge in [0, 0.05) is 49.7 Å². The van der Waals surface area contributed by atoms with Crippen LogP contribution in [0.1, 0.15) is 0 Å². The summed E-state index contributed by atoms with van der Waals surface area (Å²) in [4.78, 5) is 25.6. The second-order valence-electron chi connectivity index (χ2n) is 8.17. The number of imidazole rings is 2. The summed E-state index contributed by atoms with van der Waals surface area (Å²) in [6.07, 6.45) is 7.29. The van der Waals surface area contributed by atoms with Gasteiger partial charge in [-0.15, -0.1) is 0 Å². The van der Waals surface area contributed by atoms with Crippen LogP contribution < -0.4 is 11.5 Å². The Kier molecular flexibility index (Phi) is 9.15. The molecule has 0 aliphatic rings. The number of nitrogens with two attached hydrogens (primary N) is 2. The molecule has 0 unspecified atom stereocenters. The largest absolute Gasteiger partial charge is 1.00 e. The van der Waals surface area contributed by atoms with E-state index in [-0.39, 0.29) is 17.1 Å². The van der Waals surface area contributed by atoms with Gasteiger partial charge in [-0.2, -0.15) is 0 Å². The second-order valence-corrected chi connectivity index (χ2v) is 8.17. The molecule has 4 heterocycles. The van der Waals surface area contributed by atoms with E-state index in [9.17, 15) is 0 Å². The molecule has 0 saturated carbocycles. The van der Waals surface area contributed by atoms with E-state index in [1.54, 1.807) is 12.4 Å². The standard InChI is InChI=1S/2C13H12N4.Cu.NO3/c2*1-17-7-6-15-13(17)11-8-9-4-2-3-5-10(9)12(14)16-11;;2-1(3)4/h2*2-8H,1H3,(H2,14,16);;/q;;+1;-1. The van der Waals surface area contributed by atoms with Crippen molar-refractivity contribution in [3.8, 4) is 23.0 Å². The van der Waals surface area contributed by atoms with E-state index in [4.69, 9.17) is 26.8 Å². The molecule has 0 atom stereocenters. The van der Waals surface area contributed by atoms with E-state index in [0.717, 1.165) is 44.6 Å². The fraction of sp³-hybridized carbons (Fsp3) is 0.0769. The van der Waals surface area contributed by atoms with Gasteiger partial charge in [-0.1, -0.05) is 48.5 Å². The van der Waals surface area contributed by atoms with Crippen LogP contribution in [0.25, 0.3) is 44.6 Å². The van der Waals surface area contributed by atoms with Gasteiger partial charge in [0.15, 0.2) is 11.6 Å². The molecule has 4 N–H and O–H groups in total. The first-order valence-corrected chi connectivity index (χ1v) is 11.3. The van der Waals surface area contributed by atoms with Gasteiger partial charge in [-0.25, -0.2) is 19.9 Å². The van der Waals surface area contributed by atoms with Crippen molar-refractivity contribution in [3.05, 3.63) is 101 Å². The van der Waals surface area contributed by atoms with Crippen LogP contribution in [-0.4, -0.2) is 34.2 Å². The number of nitrogen functional groups attached to an aromatic ring is 2. The van der Waals surface area contributed by atoms with Gasteiger partial charge in [-0.05, 0) is 22.9 Å². The number of hydrogen-bond acceptors (Lipinski definition) is 9. The number of hydrogen-bond donors (Lipinski definition) is 2. The topological polar surface area (TPSA) is 180 Å². The third kappa shape index (κ3) is 6.66. The SMILES string of the molecule is Cn1ccnc1-c1cc2ccccc2c(N)n1.Cn1ccnc1-c1cc2ccccc2c(N)n1.O=[N+]([O-])[O-].[Cu+]. The monoisotopic (exact) mass is 573 g/mol. The van der Waals surface area contributed by atoms with E-state index in [2.05, 4.69) is 19.9 Å². The molecule has 4 aromatic heterocycles. The van der Waals surface area contributed by atoms with Crippen LogP contribution in [0.5, 0.6) is 0 Å². The van der Waals surface area contributed by atoms with Crippen LogP contribution in [0.2, 0.25) is 0 Å². The molecule has 0 fully saturated rings. The predicted molar refractivity (Wildman–Crippen MR) is 147 cm³/mol. The van der Waals surface area contributed by atoms with Crippen molar-refractivity contribution in [1.29, 1.82) is 0 Å². The molecule has 0 aliphatic heterocycles. The number of nitrogens with zero attached hydrogens (tertiary/aromatic N) is 7. The molecule has 39 heavy (non-hydrogen) atoms. The van der Waals surface area contributed by atoms with E-state index in [0.29, 0.717) is 11.6 Å². The summed E-state index contributed by atoms with van der Waals surface area (Å²) < 4.78 is 3.85. The van der Waals surface area contributed by atoms with E-state index in [1.807, 2.05) is 96.3 Å². The molecule has 6 aromatic rings. The molecule has 2 aromatic carbocycles. The molecule has 6 rings (SSSR count). The smallest absolute Gasteiger partial charge is 0.383 e. The maximum Gasteiger partial charge on any atom is 1.00 e. The zero-order chi connectivity index (χ0) is 27.2. The number of rotatable bonds is 2. The minimum absolute atomic E-state index is 0. The average molecular weight is 574 g/mol. The number of aryl methyl sites for hydroxylation is 2. The Morgan fingerprint density at radius 1 is 0.718 bits per heavy atom. The van der Waals surface area contributed by atoms with Crippen molar-refractivity contribution in [2.24, 2.45) is 14.1 Å². The Morgan fingerprint density at radius 3 is 1.41 bits per heavy atom. The zero-order valence-electron chi connectivity index (χ0n) is 20.9. The molecule has 0 aliphatic carbocycles. The average Bonchev–Trinajstić information content (AvgIpc) is 3.52. The Morgan fingerprint density at radius 2 is 1.08 bits per heavy atom. The van der Waals surface area contributed by atoms with E-state index < -0.39 is 5.09 Å². The molecular weight excluding hydrogens is 550 g/mol. The van der Waals surface area contributed by atoms with Crippen LogP contribution in [0.4, 0.5) is 11.6 Å². The Labute approximate surface area is 233 Å². The number of benzene rings is 2. The van der Waals surface area contributed by atoms with Gasteiger partial charge in [0.1, 0.15) is 23.0 Å². The molecule has 12 nitrogen and oxygen atoms in total. The molecule has 13 heteroatoms. The molecule has 0 amide bonds. The molecule has 0 saturated heterocycles. The summed E-state index contributed by atoms with van der Waals surface area (Å²) in [7, 11) is 3.88. The molecular formula is C26H24CuN9O3. The summed E-state index contributed by atoms with van der Waals surface area (Å²) in [5.74, 6) is 2.73. The zero-order valence-corrected chi connectivity index (χ0v) is 21.8. The summed E-state index contributed by atoms with van der Waals surface area (Å²) in [5.41, 5.74) is 13.5. The van der Waals surface area contributed by atoms with Crippen molar-refractivity contribution < 1.29 is 22.2 Å². The van der Waals surface area contributed by atoms with Crippen LogP contribution >= 0.6 is 0 Å². The molecule has 202 valence electrons. The first kappa shape index (κ1) is 28.6. The predicted octanol–water partition coefficient (Wildman–Crippen LogP) is 4.19. The van der Waals surface area contributed by atoms with Crippen LogP contribution in [0, 0.1) is 15.3 Å². The van der Waals surface area contributed by atoms with Crippen LogP contribution in [-0.2, 0) is 31.2 Å². The van der Waals surface area contributed by atoms with Gasteiger partial charge >= 0.3 is 17.1 Å². The fourth-order valence-corrected chi connectivity index (χ4v) is 3.91. The van der Waals surface area contributed by atoms with E-state index in [1.165, 1.54) is 0 Å². The van der Waals surface area contributed by atoms with Crippen molar-refractivity contribution in [2.45, 2.75) is 0 Å². The van der Waals surface area contributed by atoms with Crippen molar-refractivity contribution in [3.63, 3.8) is 0 Å². The van der Waals surface area contributed by atoms with Gasteiger partial charge in [-0.3, -0.25) is 0 Å². The first-order valence-electron chi connectivity index (χ1n) is 11.3. The Balaban J connectivity index is 0.000000186. The molecule has 0 radical (unpaired) electrons. The Bertz CT molecular complexity index is 1610. The van der Waals surface area contributed by atoms with Crippen molar-refractivity contribution in [1.82, 2.24) is 29.1 Å². The van der Waals surface area contributed by atoms with Gasteiger partial charge < -0.3 is 35.9 Å². The number of pyridine rings is 2. The molecule has 0 bridgehead atoms. The van der Waals surface area contributed by atoms with Gasteiger partial charge in [0.2, 0.25) is 0 Å². The second kappa shape index (κ2) is 12.5. The van der Waals surface area contributed by atoms with Crippen molar-refractivity contribution in [2.75, 3.05) is 11.5 Å². The normalized spacial score (nSPS) is 10.1. The summed E-state index contributed by atoms with van der Waals surface area (Å²) in [5, 5.41) is 18.9. The minimum Gasteiger partial charge on any atom is -0.383 e. The van der Waals surface area contributed by atoms with Gasteiger partial charge in [0.05, 0.1) is 5.09 Å². The third-order valence-corrected chi connectivity index (χ3v) is 5.64. The number of anilines is 2. The van der Waals surface area contributed by atoms with Crippen molar-refractivity contribution >= 4 is 33.2 Å².